The third-order valence-corrected chi connectivity index (χ3v) is 2.65. The summed E-state index contributed by atoms with van der Waals surface area (Å²) in [6.45, 7) is 3.38. The molecule has 1 aliphatic carbocycles. The van der Waals surface area contributed by atoms with Gasteiger partial charge in [0.1, 0.15) is 0 Å². The van der Waals surface area contributed by atoms with Crippen LogP contribution >= 0.6 is 0 Å². The minimum atomic E-state index is -0.960. The lowest BCUT2D eigenvalue weighted by atomic mass is 9.80. The Morgan fingerprint density at radius 1 is 1.13 bits per heavy atom. The summed E-state index contributed by atoms with van der Waals surface area (Å²) in [6.07, 6.45) is 1.77. The normalized spacial score (nSPS) is 30.5. The van der Waals surface area contributed by atoms with E-state index in [4.69, 9.17) is 14.9 Å². The summed E-state index contributed by atoms with van der Waals surface area (Å²) in [5, 5.41) is 17.7. The van der Waals surface area contributed by atoms with Gasteiger partial charge in [-0.1, -0.05) is 6.58 Å². The largest absolute Gasteiger partial charge is 0.499 e. The fourth-order valence-corrected chi connectivity index (χ4v) is 1.92. The number of carbonyl (C=O) groups is 2. The van der Waals surface area contributed by atoms with E-state index in [0.717, 1.165) is 0 Å². The molecular formula is C10H14O5. The zero-order valence-corrected chi connectivity index (χ0v) is 8.26. The molecule has 0 aliphatic heterocycles. The van der Waals surface area contributed by atoms with E-state index in [0.29, 0.717) is 12.8 Å². The Bertz CT molecular complexity index is 251. The molecule has 0 heterocycles. The van der Waals surface area contributed by atoms with Crippen LogP contribution in [-0.2, 0) is 14.3 Å². The van der Waals surface area contributed by atoms with E-state index >= 15 is 0 Å². The second kappa shape index (κ2) is 4.82. The molecule has 1 fully saturated rings. The van der Waals surface area contributed by atoms with Crippen molar-refractivity contribution >= 4 is 11.9 Å². The van der Waals surface area contributed by atoms with E-state index in [2.05, 4.69) is 6.58 Å². The van der Waals surface area contributed by atoms with Crippen LogP contribution in [-0.4, -0.2) is 28.3 Å². The minimum Gasteiger partial charge on any atom is -0.499 e. The quantitative estimate of drug-likeness (QED) is 0.684. The highest BCUT2D eigenvalue weighted by molar-refractivity contribution is 5.74. The fourth-order valence-electron chi connectivity index (χ4n) is 1.92. The average Bonchev–Trinajstić information content (AvgIpc) is 2.17. The maximum atomic E-state index is 10.8. The zero-order valence-electron chi connectivity index (χ0n) is 8.26. The molecule has 0 spiro atoms. The van der Waals surface area contributed by atoms with E-state index in [1.807, 2.05) is 0 Å². The summed E-state index contributed by atoms with van der Waals surface area (Å²) in [5.74, 6) is -3.19. The molecule has 0 bridgehead atoms. The van der Waals surface area contributed by atoms with Crippen LogP contribution in [0.4, 0.5) is 0 Å². The van der Waals surface area contributed by atoms with E-state index in [-0.39, 0.29) is 12.5 Å². The van der Waals surface area contributed by atoms with Crippen LogP contribution in [0.1, 0.15) is 19.3 Å². The number of carboxylic acids is 2. The summed E-state index contributed by atoms with van der Waals surface area (Å²) in [5.41, 5.74) is 0. The van der Waals surface area contributed by atoms with Crippen LogP contribution in [0.15, 0.2) is 12.8 Å². The monoisotopic (exact) mass is 214 g/mol. The molecule has 0 aromatic rings. The van der Waals surface area contributed by atoms with E-state index in [9.17, 15) is 9.59 Å². The molecule has 2 N–H and O–H groups in total. The van der Waals surface area contributed by atoms with Gasteiger partial charge in [-0.3, -0.25) is 9.59 Å². The number of rotatable bonds is 4. The Hall–Kier alpha value is -1.52. The van der Waals surface area contributed by atoms with Crippen LogP contribution in [0.3, 0.4) is 0 Å². The zero-order chi connectivity index (χ0) is 11.4. The lowest BCUT2D eigenvalue weighted by molar-refractivity contribution is -0.150. The predicted octanol–water partition coefficient (Wildman–Crippen LogP) is 1.10. The van der Waals surface area contributed by atoms with Gasteiger partial charge < -0.3 is 14.9 Å². The molecule has 0 aromatic carbocycles. The topological polar surface area (TPSA) is 83.8 Å². The second-order valence-corrected chi connectivity index (χ2v) is 3.70. The van der Waals surface area contributed by atoms with E-state index in [1.54, 1.807) is 0 Å². The van der Waals surface area contributed by atoms with Crippen molar-refractivity contribution in [3.8, 4) is 0 Å². The lowest BCUT2D eigenvalue weighted by Crippen LogP contribution is -2.35. The van der Waals surface area contributed by atoms with Crippen molar-refractivity contribution in [2.24, 2.45) is 11.8 Å². The van der Waals surface area contributed by atoms with Gasteiger partial charge in [-0.2, -0.15) is 0 Å². The number of hydrogen-bond donors (Lipinski definition) is 2. The van der Waals surface area contributed by atoms with Crippen molar-refractivity contribution < 1.29 is 24.5 Å². The number of hydrogen-bond acceptors (Lipinski definition) is 3. The van der Waals surface area contributed by atoms with Gasteiger partial charge in [0.15, 0.2) is 0 Å². The number of ether oxygens (including phenoxy) is 1. The molecule has 0 amide bonds. The molecule has 0 saturated heterocycles. The fraction of sp³-hybridized carbons (Fsp3) is 0.600. The smallest absolute Gasteiger partial charge is 0.306 e. The van der Waals surface area contributed by atoms with Crippen molar-refractivity contribution in [3.63, 3.8) is 0 Å². The SMILES string of the molecule is C=COC1CC(C(=O)O)CC(C(=O)O)C1. The van der Waals surface area contributed by atoms with Crippen molar-refractivity contribution in [1.82, 2.24) is 0 Å². The van der Waals surface area contributed by atoms with Gasteiger partial charge in [0.05, 0.1) is 24.2 Å². The third kappa shape index (κ3) is 2.97. The molecule has 2 atom stereocenters. The molecule has 1 saturated carbocycles. The molecule has 0 aromatic heterocycles. The summed E-state index contributed by atoms with van der Waals surface area (Å²) in [4.78, 5) is 21.6. The van der Waals surface area contributed by atoms with Crippen LogP contribution in [0, 0.1) is 11.8 Å². The Kier molecular flexibility index (Phi) is 3.71. The van der Waals surface area contributed by atoms with Crippen LogP contribution in [0.25, 0.3) is 0 Å². The summed E-state index contributed by atoms with van der Waals surface area (Å²) in [6, 6.07) is 0. The molecule has 0 radical (unpaired) electrons. The Morgan fingerprint density at radius 3 is 1.93 bits per heavy atom. The number of aliphatic carboxylic acids is 2. The average molecular weight is 214 g/mol. The van der Waals surface area contributed by atoms with E-state index in [1.165, 1.54) is 6.26 Å². The molecule has 1 aliphatic rings. The van der Waals surface area contributed by atoms with Crippen molar-refractivity contribution in [2.45, 2.75) is 25.4 Å². The molecule has 15 heavy (non-hydrogen) atoms. The predicted molar refractivity (Wildman–Crippen MR) is 51.2 cm³/mol. The third-order valence-electron chi connectivity index (χ3n) is 2.65. The lowest BCUT2D eigenvalue weighted by Gasteiger charge is -2.30. The number of carboxylic acid groups (broad SMARTS) is 2. The van der Waals surface area contributed by atoms with Gasteiger partial charge in [0.25, 0.3) is 0 Å². The van der Waals surface area contributed by atoms with Crippen LogP contribution in [0.5, 0.6) is 0 Å². The molecule has 84 valence electrons. The highest BCUT2D eigenvalue weighted by Gasteiger charge is 2.36. The second-order valence-electron chi connectivity index (χ2n) is 3.70. The van der Waals surface area contributed by atoms with Crippen LogP contribution in [0.2, 0.25) is 0 Å². The standard InChI is InChI=1S/C10H14O5/c1-2-15-8-4-6(9(11)12)3-7(5-8)10(13)14/h2,6-8H,1,3-5H2,(H,11,12)(H,13,14). The summed E-state index contributed by atoms with van der Waals surface area (Å²) in [7, 11) is 0. The maximum Gasteiger partial charge on any atom is 0.306 e. The first-order chi connectivity index (χ1) is 7.04. The summed E-state index contributed by atoms with van der Waals surface area (Å²) >= 11 is 0. The van der Waals surface area contributed by atoms with Gasteiger partial charge in [-0.05, 0) is 19.3 Å². The first kappa shape index (κ1) is 11.6. The molecule has 1 rings (SSSR count). The van der Waals surface area contributed by atoms with Crippen molar-refractivity contribution in [1.29, 1.82) is 0 Å². The minimum absolute atomic E-state index is 0.182. The highest BCUT2D eigenvalue weighted by Crippen LogP contribution is 2.31. The van der Waals surface area contributed by atoms with Gasteiger partial charge in [0, 0.05) is 0 Å². The molecule has 2 unspecified atom stereocenters. The molecule has 5 nitrogen and oxygen atoms in total. The van der Waals surface area contributed by atoms with Gasteiger partial charge >= 0.3 is 11.9 Å². The Morgan fingerprint density at radius 2 is 1.60 bits per heavy atom. The Labute approximate surface area is 87.4 Å². The Balaban J connectivity index is 2.67. The van der Waals surface area contributed by atoms with Gasteiger partial charge in [-0.15, -0.1) is 0 Å². The highest BCUT2D eigenvalue weighted by atomic mass is 16.5. The van der Waals surface area contributed by atoms with Gasteiger partial charge in [0.2, 0.25) is 0 Å². The first-order valence-electron chi connectivity index (χ1n) is 4.76. The van der Waals surface area contributed by atoms with Crippen molar-refractivity contribution in [3.05, 3.63) is 12.8 Å². The van der Waals surface area contributed by atoms with Gasteiger partial charge in [-0.25, -0.2) is 0 Å². The molecule has 5 heteroatoms. The van der Waals surface area contributed by atoms with Crippen LogP contribution < -0.4 is 0 Å². The van der Waals surface area contributed by atoms with E-state index < -0.39 is 23.8 Å². The maximum absolute atomic E-state index is 10.8. The summed E-state index contributed by atoms with van der Waals surface area (Å²) < 4.78 is 5.08. The first-order valence-corrected chi connectivity index (χ1v) is 4.76. The molecular weight excluding hydrogens is 200 g/mol. The van der Waals surface area contributed by atoms with Crippen molar-refractivity contribution in [2.75, 3.05) is 0 Å².